The van der Waals surface area contributed by atoms with Gasteiger partial charge < -0.3 is 0 Å². The Labute approximate surface area is 230 Å². The van der Waals surface area contributed by atoms with E-state index in [1.54, 1.807) is 0 Å². The van der Waals surface area contributed by atoms with Crippen molar-refractivity contribution in [1.29, 1.82) is 0 Å². The highest BCUT2D eigenvalue weighted by Crippen LogP contribution is 2.42. The standard InChI is InChI=1S/C38H31N/c1-3-25(2)35-23-30-11-7-10-29-16-18-33-32(19-20-34(35)38(33)37(29)30)31-17-21-36(39-24-31)28-14-12-27(13-15-28)22-26-8-5-4-6-9-26/h4-21,23-25H,3,22H2,1-2H3. The average molecular weight is 502 g/mol. The summed E-state index contributed by atoms with van der Waals surface area (Å²) in [7, 11) is 0. The van der Waals surface area contributed by atoms with Crippen molar-refractivity contribution in [3.8, 4) is 22.4 Å². The van der Waals surface area contributed by atoms with E-state index < -0.39 is 0 Å². The maximum Gasteiger partial charge on any atom is 0.0702 e. The Morgan fingerprint density at radius 1 is 0.615 bits per heavy atom. The third-order valence-electron chi connectivity index (χ3n) is 8.39. The third kappa shape index (κ3) is 4.15. The molecule has 0 aliphatic rings. The molecule has 0 bridgehead atoms. The van der Waals surface area contributed by atoms with Gasteiger partial charge in [-0.1, -0.05) is 123 Å². The molecule has 1 heterocycles. The first kappa shape index (κ1) is 23.6. The molecule has 188 valence electrons. The monoisotopic (exact) mass is 501 g/mol. The minimum absolute atomic E-state index is 0.516. The van der Waals surface area contributed by atoms with Crippen molar-refractivity contribution in [2.45, 2.75) is 32.6 Å². The van der Waals surface area contributed by atoms with Crippen LogP contribution in [0.15, 0.2) is 121 Å². The van der Waals surface area contributed by atoms with Gasteiger partial charge in [0.25, 0.3) is 0 Å². The second-order valence-electron chi connectivity index (χ2n) is 10.8. The third-order valence-corrected chi connectivity index (χ3v) is 8.39. The molecule has 7 aromatic rings. The summed E-state index contributed by atoms with van der Waals surface area (Å²) in [4.78, 5) is 4.91. The van der Waals surface area contributed by atoms with Crippen LogP contribution >= 0.6 is 0 Å². The zero-order chi connectivity index (χ0) is 26.3. The van der Waals surface area contributed by atoms with Gasteiger partial charge in [0, 0.05) is 17.3 Å². The SMILES string of the molecule is CCC(C)c1cc2cccc3ccc4c(-c5ccc(-c6ccc(Cc7ccccc7)cc6)nc5)ccc1c4c32. The predicted molar refractivity (Wildman–Crippen MR) is 167 cm³/mol. The number of pyridine rings is 1. The lowest BCUT2D eigenvalue weighted by atomic mass is 9.84. The molecule has 0 fully saturated rings. The lowest BCUT2D eigenvalue weighted by Gasteiger charge is -2.19. The Kier molecular flexibility index (Phi) is 5.86. The Morgan fingerprint density at radius 3 is 2.13 bits per heavy atom. The van der Waals surface area contributed by atoms with E-state index in [4.69, 9.17) is 4.98 Å². The average Bonchev–Trinajstić information content (AvgIpc) is 3.00. The van der Waals surface area contributed by atoms with Crippen LogP contribution in [0.25, 0.3) is 54.7 Å². The van der Waals surface area contributed by atoms with Crippen LogP contribution in [-0.2, 0) is 6.42 Å². The molecule has 0 radical (unpaired) electrons. The molecule has 0 saturated heterocycles. The number of nitrogens with zero attached hydrogens (tertiary/aromatic N) is 1. The van der Waals surface area contributed by atoms with Crippen LogP contribution in [0, 0.1) is 0 Å². The van der Waals surface area contributed by atoms with Crippen LogP contribution in [0.5, 0.6) is 0 Å². The van der Waals surface area contributed by atoms with Gasteiger partial charge in [0.05, 0.1) is 5.69 Å². The molecule has 0 saturated carbocycles. The molecule has 0 amide bonds. The van der Waals surface area contributed by atoms with Gasteiger partial charge in [-0.25, -0.2) is 0 Å². The summed E-state index contributed by atoms with van der Waals surface area (Å²) < 4.78 is 0. The molecule has 6 aromatic carbocycles. The van der Waals surface area contributed by atoms with Gasteiger partial charge in [0.1, 0.15) is 0 Å². The number of hydrogen-bond acceptors (Lipinski definition) is 1. The first-order valence-electron chi connectivity index (χ1n) is 14.0. The van der Waals surface area contributed by atoms with Gasteiger partial charge in [-0.05, 0) is 79.4 Å². The summed E-state index contributed by atoms with van der Waals surface area (Å²) in [6.07, 6.45) is 4.11. The zero-order valence-corrected chi connectivity index (χ0v) is 22.5. The molecule has 1 heteroatoms. The maximum absolute atomic E-state index is 4.91. The highest BCUT2D eigenvalue weighted by molar-refractivity contribution is 6.26. The lowest BCUT2D eigenvalue weighted by Crippen LogP contribution is -1.96. The van der Waals surface area contributed by atoms with Crippen molar-refractivity contribution in [3.05, 3.63) is 138 Å². The first-order valence-corrected chi connectivity index (χ1v) is 14.0. The van der Waals surface area contributed by atoms with E-state index in [2.05, 4.69) is 129 Å². The maximum atomic E-state index is 4.91. The van der Waals surface area contributed by atoms with Crippen LogP contribution in [0.2, 0.25) is 0 Å². The Bertz CT molecular complexity index is 1900. The number of rotatable bonds is 6. The van der Waals surface area contributed by atoms with Crippen LogP contribution in [0.3, 0.4) is 0 Å². The van der Waals surface area contributed by atoms with Crippen LogP contribution in [0.4, 0.5) is 0 Å². The van der Waals surface area contributed by atoms with Gasteiger partial charge in [-0.2, -0.15) is 0 Å². The fourth-order valence-corrected chi connectivity index (χ4v) is 6.09. The second kappa shape index (κ2) is 9.67. The summed E-state index contributed by atoms with van der Waals surface area (Å²) in [6, 6.07) is 42.1. The topological polar surface area (TPSA) is 12.9 Å². The van der Waals surface area contributed by atoms with Gasteiger partial charge in [-0.3, -0.25) is 4.98 Å². The van der Waals surface area contributed by atoms with Gasteiger partial charge in [0.15, 0.2) is 0 Å². The minimum atomic E-state index is 0.516. The van der Waals surface area contributed by atoms with Crippen molar-refractivity contribution in [2.24, 2.45) is 0 Å². The molecule has 0 N–H and O–H groups in total. The molecule has 39 heavy (non-hydrogen) atoms. The van der Waals surface area contributed by atoms with E-state index in [1.807, 2.05) is 6.20 Å². The van der Waals surface area contributed by atoms with Crippen molar-refractivity contribution < 1.29 is 0 Å². The van der Waals surface area contributed by atoms with Crippen molar-refractivity contribution >= 4 is 32.3 Å². The van der Waals surface area contributed by atoms with Crippen molar-refractivity contribution in [3.63, 3.8) is 0 Å². The molecule has 0 aliphatic carbocycles. The van der Waals surface area contributed by atoms with E-state index >= 15 is 0 Å². The highest BCUT2D eigenvalue weighted by atomic mass is 14.7. The van der Waals surface area contributed by atoms with E-state index in [0.29, 0.717) is 5.92 Å². The zero-order valence-electron chi connectivity index (χ0n) is 22.5. The highest BCUT2D eigenvalue weighted by Gasteiger charge is 2.17. The largest absolute Gasteiger partial charge is 0.256 e. The van der Waals surface area contributed by atoms with Crippen LogP contribution < -0.4 is 0 Å². The van der Waals surface area contributed by atoms with E-state index in [-0.39, 0.29) is 0 Å². The molecule has 0 spiro atoms. The normalized spacial score (nSPS) is 12.5. The molecule has 1 unspecified atom stereocenters. The van der Waals surface area contributed by atoms with Crippen molar-refractivity contribution in [1.82, 2.24) is 4.98 Å². The Morgan fingerprint density at radius 2 is 1.36 bits per heavy atom. The summed E-state index contributed by atoms with van der Waals surface area (Å²) in [6.45, 7) is 4.62. The summed E-state index contributed by atoms with van der Waals surface area (Å²) in [5, 5.41) is 8.09. The number of hydrogen-bond donors (Lipinski definition) is 0. The first-order chi connectivity index (χ1) is 19.2. The quantitative estimate of drug-likeness (QED) is 0.207. The Balaban J connectivity index is 1.27. The predicted octanol–water partition coefficient (Wildman–Crippen LogP) is 10.4. The molecule has 7 rings (SSSR count). The summed E-state index contributed by atoms with van der Waals surface area (Å²) >= 11 is 0. The summed E-state index contributed by atoms with van der Waals surface area (Å²) in [5.41, 5.74) is 8.64. The molecule has 1 aromatic heterocycles. The molecular weight excluding hydrogens is 470 g/mol. The molecule has 1 atom stereocenters. The second-order valence-corrected chi connectivity index (χ2v) is 10.8. The molecule has 1 nitrogen and oxygen atoms in total. The minimum Gasteiger partial charge on any atom is -0.256 e. The van der Waals surface area contributed by atoms with Crippen LogP contribution in [0.1, 0.15) is 42.9 Å². The Hall–Kier alpha value is -4.49. The van der Waals surface area contributed by atoms with E-state index in [0.717, 1.165) is 29.7 Å². The lowest BCUT2D eigenvalue weighted by molar-refractivity contribution is 0.740. The smallest absolute Gasteiger partial charge is 0.0702 e. The van der Waals surface area contributed by atoms with E-state index in [9.17, 15) is 0 Å². The van der Waals surface area contributed by atoms with Gasteiger partial charge in [-0.15, -0.1) is 0 Å². The van der Waals surface area contributed by atoms with Crippen LogP contribution in [-0.4, -0.2) is 4.98 Å². The van der Waals surface area contributed by atoms with Gasteiger partial charge >= 0.3 is 0 Å². The fraction of sp³-hybridized carbons (Fsp3) is 0.132. The fourth-order valence-electron chi connectivity index (χ4n) is 6.09. The van der Waals surface area contributed by atoms with E-state index in [1.165, 1.54) is 54.6 Å². The summed E-state index contributed by atoms with van der Waals surface area (Å²) in [5.74, 6) is 0.516. The molecular formula is C38H31N. The number of benzene rings is 6. The van der Waals surface area contributed by atoms with Crippen molar-refractivity contribution in [2.75, 3.05) is 0 Å². The van der Waals surface area contributed by atoms with Gasteiger partial charge in [0.2, 0.25) is 0 Å². The number of aromatic nitrogens is 1. The molecule has 0 aliphatic heterocycles.